The second-order valence-corrected chi connectivity index (χ2v) is 9.89. The van der Waals surface area contributed by atoms with Gasteiger partial charge in [0.1, 0.15) is 9.71 Å². The fourth-order valence-corrected chi connectivity index (χ4v) is 5.68. The Morgan fingerprint density at radius 1 is 1.10 bits per heavy atom. The largest absolute Gasteiger partial charge is 0.406 e. The number of ether oxygens (including phenoxy) is 2. The Balaban J connectivity index is 1.32. The Kier molecular flexibility index (Phi) is 6.74. The number of para-hydroxylation sites is 1. The van der Waals surface area contributed by atoms with Gasteiger partial charge in [-0.2, -0.15) is 4.99 Å². The lowest BCUT2D eigenvalue weighted by atomic mass is 10.0. The molecule has 2 aromatic heterocycles. The van der Waals surface area contributed by atoms with E-state index >= 15 is 0 Å². The average Bonchev–Trinajstić information content (AvgIpc) is 3.30. The molecule has 0 saturated carbocycles. The Morgan fingerprint density at radius 3 is 2.69 bits per heavy atom. The Labute approximate surface area is 228 Å². The van der Waals surface area contributed by atoms with E-state index in [-0.39, 0.29) is 11.9 Å². The summed E-state index contributed by atoms with van der Waals surface area (Å²) in [6, 6.07) is 20.5. The van der Waals surface area contributed by atoms with Crippen molar-refractivity contribution in [1.29, 1.82) is 5.41 Å². The highest BCUT2D eigenvalue weighted by atomic mass is 32.1. The summed E-state index contributed by atoms with van der Waals surface area (Å²) in [5.41, 5.74) is 9.86. The van der Waals surface area contributed by atoms with E-state index in [2.05, 4.69) is 25.2 Å². The smallest absolute Gasteiger partial charge is 0.291 e. The summed E-state index contributed by atoms with van der Waals surface area (Å²) in [6.45, 7) is 2.56. The van der Waals surface area contributed by atoms with Crippen molar-refractivity contribution in [1.82, 2.24) is 4.98 Å². The van der Waals surface area contributed by atoms with Gasteiger partial charge in [-0.15, -0.1) is 11.3 Å². The number of morpholine rings is 1. The molecule has 4 aromatic rings. The third-order valence-corrected chi connectivity index (χ3v) is 7.50. The fourth-order valence-electron chi connectivity index (χ4n) is 4.63. The first-order valence-corrected chi connectivity index (χ1v) is 13.2. The van der Waals surface area contributed by atoms with Crippen LogP contribution in [0.3, 0.4) is 0 Å². The second-order valence-electron chi connectivity index (χ2n) is 8.89. The molecule has 11 heteroatoms. The first-order valence-electron chi connectivity index (χ1n) is 12.4. The van der Waals surface area contributed by atoms with Crippen LogP contribution in [0.25, 0.3) is 10.2 Å². The molecule has 196 valence electrons. The van der Waals surface area contributed by atoms with Crippen molar-refractivity contribution >= 4 is 56.5 Å². The summed E-state index contributed by atoms with van der Waals surface area (Å²) in [5, 5.41) is 12.6. The number of amidine groups is 1. The van der Waals surface area contributed by atoms with Crippen LogP contribution in [0.2, 0.25) is 0 Å². The molecule has 0 radical (unpaired) electrons. The molecular weight excluding hydrogens is 514 g/mol. The van der Waals surface area contributed by atoms with Gasteiger partial charge in [0.25, 0.3) is 11.9 Å². The van der Waals surface area contributed by atoms with Crippen molar-refractivity contribution in [2.24, 2.45) is 15.7 Å². The molecule has 39 heavy (non-hydrogen) atoms. The molecule has 6 rings (SSSR count). The molecule has 0 bridgehead atoms. The maximum atomic E-state index is 13.1. The lowest BCUT2D eigenvalue weighted by Crippen LogP contribution is -2.37. The third kappa shape index (κ3) is 4.97. The standard InChI is InChI=1S/C28H25N7O3S/c29-24(23-22(35-13-15-37-16-14-35)19-10-6-12-31-27(19)39-23)38-28(30)34-25-26(36)32-20-11-5-4-9-18(20)21(33-25)17-7-2-1-3-8-17/h1-12,25,29H,13-16H2,(H2,30,34)(H,32,36). The SMILES string of the molecule is N=C(OC(N)=NC1N=C(c2ccccc2)c2ccccc2NC1=O)c1sc2ncccc2c1N1CCOCC1. The highest BCUT2D eigenvalue weighted by Crippen LogP contribution is 2.38. The van der Waals surface area contributed by atoms with E-state index in [9.17, 15) is 4.79 Å². The van der Waals surface area contributed by atoms with Crippen LogP contribution in [-0.4, -0.2) is 61.0 Å². The zero-order valence-corrected chi connectivity index (χ0v) is 21.6. The number of hydrogen-bond donors (Lipinski definition) is 3. The van der Waals surface area contributed by atoms with Crippen LogP contribution in [0, 0.1) is 5.41 Å². The van der Waals surface area contributed by atoms with Crippen molar-refractivity contribution in [3.8, 4) is 0 Å². The molecule has 1 saturated heterocycles. The van der Waals surface area contributed by atoms with Gasteiger partial charge in [-0.05, 0) is 18.2 Å². The lowest BCUT2D eigenvalue weighted by Gasteiger charge is -2.29. The van der Waals surface area contributed by atoms with Gasteiger partial charge in [0.2, 0.25) is 12.1 Å². The Hall–Kier alpha value is -4.61. The molecule has 1 atom stereocenters. The molecule has 2 aliphatic rings. The van der Waals surface area contributed by atoms with Crippen molar-refractivity contribution in [3.05, 3.63) is 88.9 Å². The maximum Gasteiger partial charge on any atom is 0.291 e. The number of nitrogens with two attached hydrogens (primary N) is 1. The predicted molar refractivity (Wildman–Crippen MR) is 153 cm³/mol. The molecule has 0 spiro atoms. The normalized spacial score (nSPS) is 17.7. The summed E-state index contributed by atoms with van der Waals surface area (Å²) >= 11 is 1.35. The van der Waals surface area contributed by atoms with E-state index in [1.807, 2.05) is 66.7 Å². The molecule has 1 amide bonds. The summed E-state index contributed by atoms with van der Waals surface area (Å²) < 4.78 is 11.2. The van der Waals surface area contributed by atoms with Gasteiger partial charge in [0.05, 0.1) is 30.3 Å². The van der Waals surface area contributed by atoms with E-state index < -0.39 is 12.1 Å². The maximum absolute atomic E-state index is 13.1. The van der Waals surface area contributed by atoms with Gasteiger partial charge in [-0.3, -0.25) is 10.2 Å². The summed E-state index contributed by atoms with van der Waals surface area (Å²) in [7, 11) is 0. The van der Waals surface area contributed by atoms with Crippen molar-refractivity contribution in [2.75, 3.05) is 36.5 Å². The number of nitrogens with zero attached hydrogens (tertiary/aromatic N) is 4. The summed E-state index contributed by atoms with van der Waals surface area (Å²) in [6.07, 6.45) is 0.514. The number of fused-ring (bicyclic) bond motifs is 2. The minimum atomic E-state index is -1.21. The van der Waals surface area contributed by atoms with Gasteiger partial charge >= 0.3 is 0 Å². The van der Waals surface area contributed by atoms with Crippen molar-refractivity contribution in [3.63, 3.8) is 0 Å². The van der Waals surface area contributed by atoms with E-state index in [1.165, 1.54) is 11.3 Å². The van der Waals surface area contributed by atoms with Crippen LogP contribution in [0.5, 0.6) is 0 Å². The number of anilines is 2. The quantitative estimate of drug-likeness (QED) is 0.268. The second kappa shape index (κ2) is 10.6. The summed E-state index contributed by atoms with van der Waals surface area (Å²) in [4.78, 5) is 30.1. The number of nitrogens with one attached hydrogen (secondary N) is 2. The number of aliphatic imine (C=N–C) groups is 2. The molecule has 4 heterocycles. The molecule has 10 nitrogen and oxygen atoms in total. The van der Waals surface area contributed by atoms with E-state index in [0.29, 0.717) is 42.6 Å². The van der Waals surface area contributed by atoms with Crippen LogP contribution in [-0.2, 0) is 14.3 Å². The first-order chi connectivity index (χ1) is 19.1. The van der Waals surface area contributed by atoms with Gasteiger partial charge in [0.15, 0.2) is 0 Å². The number of rotatable bonds is 4. The minimum absolute atomic E-state index is 0.176. The Morgan fingerprint density at radius 2 is 1.87 bits per heavy atom. The minimum Gasteiger partial charge on any atom is -0.406 e. The predicted octanol–water partition coefficient (Wildman–Crippen LogP) is 3.61. The summed E-state index contributed by atoms with van der Waals surface area (Å²) in [5.74, 6) is -0.628. The van der Waals surface area contributed by atoms with Crippen LogP contribution < -0.4 is 16.0 Å². The van der Waals surface area contributed by atoms with Gasteiger partial charge in [-0.1, -0.05) is 48.5 Å². The molecule has 2 aromatic carbocycles. The molecule has 1 unspecified atom stereocenters. The van der Waals surface area contributed by atoms with Crippen molar-refractivity contribution in [2.45, 2.75) is 6.17 Å². The van der Waals surface area contributed by atoms with Gasteiger partial charge in [0, 0.05) is 35.8 Å². The highest BCUT2D eigenvalue weighted by Gasteiger charge is 2.28. The number of aromatic nitrogens is 1. The number of benzene rings is 2. The molecule has 1 fully saturated rings. The van der Waals surface area contributed by atoms with Crippen LogP contribution in [0.4, 0.5) is 11.4 Å². The zero-order chi connectivity index (χ0) is 26.8. The average molecular weight is 540 g/mol. The van der Waals surface area contributed by atoms with E-state index in [1.54, 1.807) is 6.20 Å². The number of carbonyl (C=O) groups excluding carboxylic acids is 1. The number of hydrogen-bond acceptors (Lipinski definition) is 9. The third-order valence-electron chi connectivity index (χ3n) is 6.40. The molecule has 0 aliphatic carbocycles. The fraction of sp³-hybridized carbons (Fsp3) is 0.179. The first kappa shape index (κ1) is 24.7. The topological polar surface area (TPSA) is 138 Å². The highest BCUT2D eigenvalue weighted by molar-refractivity contribution is 7.21. The monoisotopic (exact) mass is 539 g/mol. The van der Waals surface area contributed by atoms with Crippen molar-refractivity contribution < 1.29 is 14.3 Å². The Bertz CT molecular complexity index is 1610. The molecule has 2 aliphatic heterocycles. The van der Waals surface area contributed by atoms with E-state index in [0.717, 1.165) is 27.0 Å². The molecule has 4 N–H and O–H groups in total. The zero-order valence-electron chi connectivity index (χ0n) is 20.8. The number of benzodiazepines with no additional fused rings is 1. The van der Waals surface area contributed by atoms with Crippen LogP contribution >= 0.6 is 11.3 Å². The van der Waals surface area contributed by atoms with Crippen LogP contribution in [0.15, 0.2) is 82.9 Å². The van der Waals surface area contributed by atoms with Gasteiger partial charge < -0.3 is 25.4 Å². The van der Waals surface area contributed by atoms with Gasteiger partial charge in [-0.25, -0.2) is 9.98 Å². The number of carbonyl (C=O) groups is 1. The number of pyridine rings is 1. The molecular formula is C28H25N7O3S. The number of amides is 1. The van der Waals surface area contributed by atoms with Crippen LogP contribution in [0.1, 0.15) is 16.0 Å². The van der Waals surface area contributed by atoms with E-state index in [4.69, 9.17) is 20.6 Å². The lowest BCUT2D eigenvalue weighted by molar-refractivity contribution is -0.117. The number of thiophene rings is 1.